The monoisotopic (exact) mass is 495 g/mol. The molecule has 188 valence electrons. The number of halogens is 1. The van der Waals surface area contributed by atoms with E-state index in [1.165, 1.54) is 12.5 Å². The summed E-state index contributed by atoms with van der Waals surface area (Å²) < 4.78 is 5.76. The number of nitrogens with one attached hydrogen (secondary N) is 1. The van der Waals surface area contributed by atoms with Crippen LogP contribution < -0.4 is 10.1 Å². The predicted molar refractivity (Wildman–Crippen MR) is 144 cm³/mol. The van der Waals surface area contributed by atoms with Gasteiger partial charge in [-0.2, -0.15) is 5.26 Å². The normalized spacial score (nSPS) is 12.4. The lowest BCUT2D eigenvalue weighted by atomic mass is 9.88. The van der Waals surface area contributed by atoms with Crippen LogP contribution in [0.2, 0.25) is 5.02 Å². The van der Waals surface area contributed by atoms with Gasteiger partial charge in [0.25, 0.3) is 0 Å². The van der Waals surface area contributed by atoms with E-state index in [4.69, 9.17) is 16.3 Å². The van der Waals surface area contributed by atoms with E-state index in [-0.39, 0.29) is 11.3 Å². The molecule has 0 heterocycles. The summed E-state index contributed by atoms with van der Waals surface area (Å²) >= 11 is 6.62. The number of nitrogens with zero attached hydrogens (tertiary/aromatic N) is 2. The fraction of sp³-hybridized carbons (Fsp3) is 0.448. The van der Waals surface area contributed by atoms with Gasteiger partial charge in [0.1, 0.15) is 18.5 Å². The second kappa shape index (κ2) is 11.6. The van der Waals surface area contributed by atoms with Crippen LogP contribution in [0.15, 0.2) is 49.0 Å². The number of amides is 1. The molecule has 2 rings (SSSR count). The van der Waals surface area contributed by atoms with Gasteiger partial charge in [-0.3, -0.25) is 4.79 Å². The van der Waals surface area contributed by atoms with Gasteiger partial charge in [0, 0.05) is 30.3 Å². The maximum atomic E-state index is 12.1. The van der Waals surface area contributed by atoms with Crippen molar-refractivity contribution in [2.75, 3.05) is 13.7 Å². The van der Waals surface area contributed by atoms with Gasteiger partial charge >= 0.3 is 0 Å². The highest BCUT2D eigenvalue weighted by Gasteiger charge is 2.24. The predicted octanol–water partition coefficient (Wildman–Crippen LogP) is 6.98. The van der Waals surface area contributed by atoms with Gasteiger partial charge in [-0.25, -0.2) is 0 Å². The van der Waals surface area contributed by atoms with Crippen molar-refractivity contribution in [1.29, 1.82) is 5.26 Å². The Morgan fingerprint density at radius 2 is 1.80 bits per heavy atom. The number of hydrogen-bond acceptors (Lipinski definition) is 4. The molecule has 35 heavy (non-hydrogen) atoms. The zero-order chi connectivity index (χ0) is 26.4. The first kappa shape index (κ1) is 28.3. The van der Waals surface area contributed by atoms with E-state index in [0.29, 0.717) is 17.4 Å². The quantitative estimate of drug-likeness (QED) is 0.361. The van der Waals surface area contributed by atoms with Crippen LogP contribution in [0.3, 0.4) is 0 Å². The first-order valence-corrected chi connectivity index (χ1v) is 12.2. The number of benzene rings is 2. The van der Waals surface area contributed by atoms with Crippen molar-refractivity contribution in [3.8, 4) is 11.8 Å². The number of aryl methyl sites for hydroxylation is 1. The van der Waals surface area contributed by atoms with E-state index in [1.807, 2.05) is 62.2 Å². The maximum Gasteiger partial charge on any atom is 0.218 e. The van der Waals surface area contributed by atoms with E-state index < -0.39 is 11.6 Å². The Morgan fingerprint density at radius 1 is 1.17 bits per heavy atom. The molecule has 1 unspecified atom stereocenters. The zero-order valence-electron chi connectivity index (χ0n) is 22.0. The lowest BCUT2D eigenvalue weighted by Crippen LogP contribution is -2.37. The summed E-state index contributed by atoms with van der Waals surface area (Å²) in [6.07, 6.45) is 1.49. The number of carbonyl (C=O) groups excluding carboxylic acids is 1. The SMILES string of the molecule is C=C(c1ccc(OCC(C)(C)C#N)cc1)N(C)C(NC(C)=O)c1cc(CCC(C)(C)C)ccc1Cl. The molecule has 1 atom stereocenters. The standard InChI is InChI=1S/C29H38ClN3O2/c1-20(23-10-12-24(13-11-23)35-19-29(6,7)18-31)33(8)27(32-21(2)34)25-17-22(9-14-26(25)30)15-16-28(3,4)5/h9-14,17,27H,1,15-16,19H2,2-8H3,(H,32,34). The van der Waals surface area contributed by atoms with E-state index in [0.717, 1.165) is 29.7 Å². The molecular weight excluding hydrogens is 458 g/mol. The molecule has 0 spiro atoms. The van der Waals surface area contributed by atoms with Crippen molar-refractivity contribution in [3.63, 3.8) is 0 Å². The second-order valence-corrected chi connectivity index (χ2v) is 11.3. The topological polar surface area (TPSA) is 65.4 Å². The van der Waals surface area contributed by atoms with E-state index >= 15 is 0 Å². The first-order valence-electron chi connectivity index (χ1n) is 11.8. The van der Waals surface area contributed by atoms with E-state index in [1.54, 1.807) is 0 Å². The van der Waals surface area contributed by atoms with Crippen molar-refractivity contribution >= 4 is 23.2 Å². The largest absolute Gasteiger partial charge is 0.492 e. The van der Waals surface area contributed by atoms with Gasteiger partial charge < -0.3 is 15.0 Å². The van der Waals surface area contributed by atoms with E-state index in [2.05, 4.69) is 44.8 Å². The highest BCUT2D eigenvalue weighted by molar-refractivity contribution is 6.31. The average Bonchev–Trinajstić information content (AvgIpc) is 2.79. The molecule has 1 N–H and O–H groups in total. The number of carbonyl (C=O) groups is 1. The van der Waals surface area contributed by atoms with Crippen LogP contribution in [0.25, 0.3) is 5.70 Å². The molecule has 0 saturated heterocycles. The average molecular weight is 496 g/mol. The third-order valence-corrected chi connectivity index (χ3v) is 6.11. The van der Waals surface area contributed by atoms with Crippen LogP contribution in [-0.2, 0) is 11.2 Å². The Labute approximate surface area is 215 Å². The van der Waals surface area contributed by atoms with Gasteiger partial charge in [0.2, 0.25) is 5.91 Å². The van der Waals surface area contributed by atoms with Crippen LogP contribution in [0.5, 0.6) is 5.75 Å². The number of nitriles is 1. The van der Waals surface area contributed by atoms with Crippen molar-refractivity contribution in [1.82, 2.24) is 10.2 Å². The third kappa shape index (κ3) is 8.64. The lowest BCUT2D eigenvalue weighted by molar-refractivity contribution is -0.120. The van der Waals surface area contributed by atoms with Crippen LogP contribution >= 0.6 is 11.6 Å². The minimum Gasteiger partial charge on any atom is -0.492 e. The summed E-state index contributed by atoms with van der Waals surface area (Å²) in [6.45, 7) is 16.4. The van der Waals surface area contributed by atoms with Crippen molar-refractivity contribution in [3.05, 3.63) is 70.8 Å². The maximum absolute atomic E-state index is 12.1. The summed E-state index contributed by atoms with van der Waals surface area (Å²) in [5.41, 5.74) is 3.28. The van der Waals surface area contributed by atoms with Crippen molar-refractivity contribution in [2.24, 2.45) is 10.8 Å². The van der Waals surface area contributed by atoms with Crippen LogP contribution in [0, 0.1) is 22.2 Å². The molecule has 2 aromatic carbocycles. The number of hydrogen-bond donors (Lipinski definition) is 1. The molecule has 0 aliphatic heterocycles. The Bertz CT molecular complexity index is 1080. The summed E-state index contributed by atoms with van der Waals surface area (Å²) in [4.78, 5) is 14.0. The molecular formula is C29H38ClN3O2. The van der Waals surface area contributed by atoms with Crippen LogP contribution in [0.1, 0.15) is 70.8 Å². The first-order chi connectivity index (χ1) is 16.2. The molecule has 0 fully saturated rings. The van der Waals surface area contributed by atoms with Crippen LogP contribution in [-0.4, -0.2) is 24.5 Å². The van der Waals surface area contributed by atoms with Gasteiger partial charge in [-0.15, -0.1) is 0 Å². The molecule has 5 nitrogen and oxygen atoms in total. The van der Waals surface area contributed by atoms with Crippen molar-refractivity contribution in [2.45, 2.75) is 60.5 Å². The smallest absolute Gasteiger partial charge is 0.218 e. The van der Waals surface area contributed by atoms with Crippen LogP contribution in [0.4, 0.5) is 0 Å². The Balaban J connectivity index is 2.27. The molecule has 2 aromatic rings. The number of rotatable bonds is 10. The fourth-order valence-corrected chi connectivity index (χ4v) is 3.67. The Kier molecular flexibility index (Phi) is 9.40. The molecule has 6 heteroatoms. The molecule has 0 radical (unpaired) electrons. The zero-order valence-corrected chi connectivity index (χ0v) is 22.8. The lowest BCUT2D eigenvalue weighted by Gasteiger charge is -2.33. The summed E-state index contributed by atoms with van der Waals surface area (Å²) in [6, 6.07) is 15.8. The summed E-state index contributed by atoms with van der Waals surface area (Å²) in [7, 11) is 1.89. The number of ether oxygens (including phenoxy) is 1. The molecule has 0 aromatic heterocycles. The highest BCUT2D eigenvalue weighted by Crippen LogP contribution is 2.32. The van der Waals surface area contributed by atoms with Gasteiger partial charge in [0.15, 0.2) is 0 Å². The minimum absolute atomic E-state index is 0.158. The van der Waals surface area contributed by atoms with Gasteiger partial charge in [-0.05, 0) is 73.6 Å². The molecule has 1 amide bonds. The molecule has 0 bridgehead atoms. The Morgan fingerprint density at radius 3 is 2.34 bits per heavy atom. The minimum atomic E-state index is -0.561. The summed E-state index contributed by atoms with van der Waals surface area (Å²) in [5, 5.41) is 12.8. The fourth-order valence-electron chi connectivity index (χ4n) is 3.45. The van der Waals surface area contributed by atoms with Gasteiger partial charge in [-0.1, -0.05) is 51.1 Å². The van der Waals surface area contributed by atoms with E-state index in [9.17, 15) is 10.1 Å². The Hall–Kier alpha value is -2.97. The highest BCUT2D eigenvalue weighted by atomic mass is 35.5. The third-order valence-electron chi connectivity index (χ3n) is 5.76. The summed E-state index contributed by atoms with van der Waals surface area (Å²) in [5.74, 6) is 0.523. The molecule has 0 saturated carbocycles. The second-order valence-electron chi connectivity index (χ2n) is 10.9. The molecule has 0 aliphatic carbocycles. The van der Waals surface area contributed by atoms with Crippen molar-refractivity contribution < 1.29 is 9.53 Å². The van der Waals surface area contributed by atoms with Gasteiger partial charge in [0.05, 0.1) is 11.5 Å². The molecule has 0 aliphatic rings.